The molecule has 0 spiro atoms. The third-order valence-corrected chi connectivity index (χ3v) is 3.92. The average Bonchev–Trinajstić information content (AvgIpc) is 2.53. The van der Waals surface area contributed by atoms with Gasteiger partial charge in [0.1, 0.15) is 0 Å². The number of carbonyl (C=O) groups excluding carboxylic acids is 1. The van der Waals surface area contributed by atoms with Crippen LogP contribution < -0.4 is 10.6 Å². The van der Waals surface area contributed by atoms with Crippen molar-refractivity contribution in [2.24, 2.45) is 0 Å². The van der Waals surface area contributed by atoms with E-state index in [1.165, 1.54) is 5.56 Å². The Hall–Kier alpha value is -2.29. The molecule has 23 heavy (non-hydrogen) atoms. The first-order valence-corrected chi connectivity index (χ1v) is 8.13. The van der Waals surface area contributed by atoms with Crippen molar-refractivity contribution in [2.75, 3.05) is 5.32 Å². The van der Waals surface area contributed by atoms with Gasteiger partial charge in [-0.3, -0.25) is 0 Å². The number of hydrogen-bond acceptors (Lipinski definition) is 1. The Bertz CT molecular complexity index is 627. The molecule has 2 rings (SSSR count). The summed E-state index contributed by atoms with van der Waals surface area (Å²) in [6.07, 6.45) is 0.848. The second-order valence-corrected chi connectivity index (χ2v) is 6.80. The summed E-state index contributed by atoms with van der Waals surface area (Å²) in [5.74, 6) is 0. The second-order valence-electron chi connectivity index (χ2n) is 6.80. The van der Waals surface area contributed by atoms with Crippen LogP contribution in [0.1, 0.15) is 51.3 Å². The normalized spacial score (nSPS) is 12.5. The summed E-state index contributed by atoms with van der Waals surface area (Å²) in [7, 11) is 0. The lowest BCUT2D eigenvalue weighted by Gasteiger charge is -2.20. The summed E-state index contributed by atoms with van der Waals surface area (Å²) >= 11 is 0. The van der Waals surface area contributed by atoms with E-state index < -0.39 is 0 Å². The van der Waals surface area contributed by atoms with E-state index in [4.69, 9.17) is 0 Å². The molecule has 0 aliphatic rings. The Morgan fingerprint density at radius 3 is 2.13 bits per heavy atom. The fourth-order valence-corrected chi connectivity index (χ4v) is 2.49. The van der Waals surface area contributed by atoms with Gasteiger partial charge in [0.2, 0.25) is 0 Å². The van der Waals surface area contributed by atoms with Crippen LogP contribution in [0.2, 0.25) is 0 Å². The minimum atomic E-state index is -0.177. The van der Waals surface area contributed by atoms with E-state index in [1.54, 1.807) is 0 Å². The van der Waals surface area contributed by atoms with Crippen molar-refractivity contribution in [1.82, 2.24) is 5.32 Å². The predicted molar refractivity (Wildman–Crippen MR) is 96.8 cm³/mol. The first-order chi connectivity index (χ1) is 10.9. The van der Waals surface area contributed by atoms with Crippen molar-refractivity contribution in [1.29, 1.82) is 0 Å². The van der Waals surface area contributed by atoms with Crippen molar-refractivity contribution in [3.63, 3.8) is 0 Å². The van der Waals surface area contributed by atoms with Gasteiger partial charge in [0.05, 0.1) is 6.04 Å². The van der Waals surface area contributed by atoms with Gasteiger partial charge in [-0.2, -0.15) is 0 Å². The fourth-order valence-electron chi connectivity index (χ4n) is 2.49. The summed E-state index contributed by atoms with van der Waals surface area (Å²) in [5, 5.41) is 5.93. The molecule has 2 N–H and O–H groups in total. The number of hydrogen-bond donors (Lipinski definition) is 2. The van der Waals surface area contributed by atoms with Crippen LogP contribution in [0.25, 0.3) is 0 Å². The van der Waals surface area contributed by atoms with E-state index in [-0.39, 0.29) is 17.5 Å². The van der Waals surface area contributed by atoms with E-state index in [0.29, 0.717) is 0 Å². The third kappa shape index (κ3) is 4.85. The molecular formula is C20H26N2O. The summed E-state index contributed by atoms with van der Waals surface area (Å²) in [6, 6.07) is 17.9. The minimum absolute atomic E-state index is 0.0186. The Balaban J connectivity index is 1.99. The average molecular weight is 310 g/mol. The molecule has 0 fully saturated rings. The van der Waals surface area contributed by atoms with Crippen LogP contribution in [0.15, 0.2) is 54.6 Å². The summed E-state index contributed by atoms with van der Waals surface area (Å²) in [4.78, 5) is 12.2. The lowest BCUT2D eigenvalue weighted by molar-refractivity contribution is 0.248. The Morgan fingerprint density at radius 1 is 1.00 bits per heavy atom. The monoisotopic (exact) mass is 310 g/mol. The molecule has 0 bridgehead atoms. The van der Waals surface area contributed by atoms with Crippen molar-refractivity contribution in [2.45, 2.75) is 45.6 Å². The lowest BCUT2D eigenvalue weighted by atomic mass is 9.87. The number of amides is 2. The number of anilines is 1. The van der Waals surface area contributed by atoms with Crippen LogP contribution in [0.5, 0.6) is 0 Å². The van der Waals surface area contributed by atoms with Crippen LogP contribution in [0.4, 0.5) is 10.5 Å². The summed E-state index contributed by atoms with van der Waals surface area (Å²) < 4.78 is 0. The van der Waals surface area contributed by atoms with Gasteiger partial charge in [-0.25, -0.2) is 4.79 Å². The molecule has 3 nitrogen and oxygen atoms in total. The van der Waals surface area contributed by atoms with Crippen LogP contribution in [-0.2, 0) is 5.41 Å². The molecule has 2 amide bonds. The standard InChI is InChI=1S/C20H26N2O/c1-5-18(15-9-7-6-8-10-15)22-19(23)21-17-13-11-16(12-14-17)20(2,3)4/h6-14,18H,5H2,1-4H3,(H2,21,22,23). The molecule has 1 atom stereocenters. The molecule has 0 aromatic heterocycles. The smallest absolute Gasteiger partial charge is 0.319 e. The largest absolute Gasteiger partial charge is 0.331 e. The van der Waals surface area contributed by atoms with Crippen molar-refractivity contribution in [3.05, 3.63) is 65.7 Å². The van der Waals surface area contributed by atoms with Gasteiger partial charge >= 0.3 is 6.03 Å². The van der Waals surface area contributed by atoms with Crippen LogP contribution >= 0.6 is 0 Å². The Kier molecular flexibility index (Phi) is 5.43. The minimum Gasteiger partial charge on any atom is -0.331 e. The zero-order valence-corrected chi connectivity index (χ0v) is 14.4. The molecule has 0 saturated heterocycles. The lowest BCUT2D eigenvalue weighted by Crippen LogP contribution is -2.32. The summed E-state index contributed by atoms with van der Waals surface area (Å²) in [6.45, 7) is 8.59. The maximum absolute atomic E-state index is 12.2. The van der Waals surface area contributed by atoms with Crippen LogP contribution in [-0.4, -0.2) is 6.03 Å². The van der Waals surface area contributed by atoms with Gasteiger partial charge in [-0.1, -0.05) is 70.2 Å². The molecule has 0 radical (unpaired) electrons. The van der Waals surface area contributed by atoms with Crippen molar-refractivity contribution >= 4 is 11.7 Å². The van der Waals surface area contributed by atoms with E-state index in [9.17, 15) is 4.79 Å². The van der Waals surface area contributed by atoms with E-state index in [0.717, 1.165) is 17.7 Å². The number of benzene rings is 2. The quantitative estimate of drug-likeness (QED) is 0.795. The zero-order valence-electron chi connectivity index (χ0n) is 14.4. The maximum Gasteiger partial charge on any atom is 0.319 e. The second kappa shape index (κ2) is 7.32. The van der Waals surface area contributed by atoms with Gasteiger partial charge in [-0.05, 0) is 35.1 Å². The Labute approximate surface area is 139 Å². The number of nitrogens with one attached hydrogen (secondary N) is 2. The van der Waals surface area contributed by atoms with E-state index in [2.05, 4.69) is 50.5 Å². The molecule has 0 saturated carbocycles. The summed E-state index contributed by atoms with van der Waals surface area (Å²) in [5.41, 5.74) is 3.28. The van der Waals surface area contributed by atoms with E-state index in [1.807, 2.05) is 42.5 Å². The zero-order chi connectivity index (χ0) is 16.9. The highest BCUT2D eigenvalue weighted by atomic mass is 16.2. The molecular weight excluding hydrogens is 284 g/mol. The number of carbonyl (C=O) groups is 1. The van der Waals surface area contributed by atoms with Crippen LogP contribution in [0, 0.1) is 0 Å². The molecule has 0 aliphatic heterocycles. The highest BCUT2D eigenvalue weighted by Gasteiger charge is 2.14. The first-order valence-electron chi connectivity index (χ1n) is 8.13. The Morgan fingerprint density at radius 2 is 1.61 bits per heavy atom. The van der Waals surface area contributed by atoms with Gasteiger partial charge in [0.15, 0.2) is 0 Å². The third-order valence-electron chi connectivity index (χ3n) is 3.92. The molecule has 0 heterocycles. The van der Waals surface area contributed by atoms with Gasteiger partial charge < -0.3 is 10.6 Å². The predicted octanol–water partition coefficient (Wildman–Crippen LogP) is 5.26. The van der Waals surface area contributed by atoms with Crippen molar-refractivity contribution in [3.8, 4) is 0 Å². The molecule has 3 heteroatoms. The van der Waals surface area contributed by atoms with Gasteiger partial charge in [0, 0.05) is 5.69 Å². The van der Waals surface area contributed by atoms with Gasteiger partial charge in [-0.15, -0.1) is 0 Å². The fraction of sp³-hybridized carbons (Fsp3) is 0.350. The molecule has 122 valence electrons. The highest BCUT2D eigenvalue weighted by molar-refractivity contribution is 5.89. The molecule has 2 aromatic carbocycles. The highest BCUT2D eigenvalue weighted by Crippen LogP contribution is 2.23. The van der Waals surface area contributed by atoms with Gasteiger partial charge in [0.25, 0.3) is 0 Å². The number of urea groups is 1. The van der Waals surface area contributed by atoms with E-state index >= 15 is 0 Å². The topological polar surface area (TPSA) is 41.1 Å². The molecule has 0 aliphatic carbocycles. The van der Waals surface area contributed by atoms with Crippen molar-refractivity contribution < 1.29 is 4.79 Å². The molecule has 2 aromatic rings. The SMILES string of the molecule is CCC(NC(=O)Nc1ccc(C(C)(C)C)cc1)c1ccccc1. The first kappa shape index (κ1) is 17.1. The molecule has 1 unspecified atom stereocenters. The van der Waals surface area contributed by atoms with Crippen LogP contribution in [0.3, 0.4) is 0 Å². The maximum atomic E-state index is 12.2. The number of rotatable bonds is 4.